The highest BCUT2D eigenvalue weighted by molar-refractivity contribution is 5.72. The monoisotopic (exact) mass is 333 g/mol. The average molecular weight is 333 g/mol. The molecule has 25 heavy (non-hydrogen) atoms. The van der Waals surface area contributed by atoms with E-state index in [1.807, 2.05) is 30.3 Å². The maximum absolute atomic E-state index is 5.83. The van der Waals surface area contributed by atoms with Crippen molar-refractivity contribution in [3.8, 4) is 0 Å². The van der Waals surface area contributed by atoms with Crippen LogP contribution < -0.4 is 0 Å². The number of aromatic nitrogens is 1. The van der Waals surface area contributed by atoms with E-state index in [0.717, 1.165) is 56.3 Å². The Morgan fingerprint density at radius 1 is 0.880 bits per heavy atom. The van der Waals surface area contributed by atoms with Gasteiger partial charge in [-0.1, -0.05) is 54.6 Å². The second-order valence-corrected chi connectivity index (χ2v) is 6.47. The van der Waals surface area contributed by atoms with E-state index >= 15 is 0 Å². The van der Waals surface area contributed by atoms with E-state index in [1.165, 1.54) is 5.56 Å². The number of oxazole rings is 1. The van der Waals surface area contributed by atoms with Crippen LogP contribution >= 0.6 is 0 Å². The van der Waals surface area contributed by atoms with Crippen molar-refractivity contribution in [3.63, 3.8) is 0 Å². The highest BCUT2D eigenvalue weighted by atomic mass is 16.3. The molecule has 1 aromatic heterocycles. The van der Waals surface area contributed by atoms with Gasteiger partial charge in [0.2, 0.25) is 5.89 Å². The number of para-hydroxylation sites is 2. The minimum atomic E-state index is 0.794. The Kier molecular flexibility index (Phi) is 4.91. The summed E-state index contributed by atoms with van der Waals surface area (Å²) in [5, 5.41) is 0. The summed E-state index contributed by atoms with van der Waals surface area (Å²) in [5.41, 5.74) is 3.08. The first kappa shape index (κ1) is 16.1. The van der Waals surface area contributed by atoms with E-state index in [2.05, 4.69) is 51.2 Å². The third-order valence-electron chi connectivity index (χ3n) is 4.64. The van der Waals surface area contributed by atoms with Crippen molar-refractivity contribution < 1.29 is 4.42 Å². The molecule has 4 heteroatoms. The normalized spacial score (nSPS) is 16.8. The van der Waals surface area contributed by atoms with Crippen LogP contribution in [0, 0.1) is 0 Å². The molecule has 0 radical (unpaired) electrons. The molecule has 0 unspecified atom stereocenters. The van der Waals surface area contributed by atoms with Crippen LogP contribution in [-0.4, -0.2) is 47.5 Å². The van der Waals surface area contributed by atoms with Crippen molar-refractivity contribution in [1.29, 1.82) is 0 Å². The summed E-state index contributed by atoms with van der Waals surface area (Å²) in [5.74, 6) is 0.818. The molecule has 2 aromatic carbocycles. The van der Waals surface area contributed by atoms with Gasteiger partial charge in [-0.05, 0) is 17.7 Å². The fourth-order valence-electron chi connectivity index (χ4n) is 3.21. The summed E-state index contributed by atoms with van der Waals surface area (Å²) in [4.78, 5) is 9.48. The van der Waals surface area contributed by atoms with Gasteiger partial charge in [0.15, 0.2) is 5.58 Å². The number of hydrogen-bond donors (Lipinski definition) is 0. The number of benzene rings is 2. The van der Waals surface area contributed by atoms with Crippen molar-refractivity contribution in [3.05, 3.63) is 72.1 Å². The van der Waals surface area contributed by atoms with Gasteiger partial charge in [0.1, 0.15) is 5.52 Å². The van der Waals surface area contributed by atoms with Crippen LogP contribution in [0.1, 0.15) is 11.5 Å². The van der Waals surface area contributed by atoms with E-state index in [1.54, 1.807) is 0 Å². The Morgan fingerprint density at radius 3 is 2.40 bits per heavy atom. The molecule has 0 amide bonds. The van der Waals surface area contributed by atoms with E-state index < -0.39 is 0 Å². The Labute approximate surface area is 148 Å². The Balaban J connectivity index is 1.26. The fourth-order valence-corrected chi connectivity index (χ4v) is 3.21. The van der Waals surface area contributed by atoms with Gasteiger partial charge in [-0.2, -0.15) is 0 Å². The molecule has 1 saturated heterocycles. The van der Waals surface area contributed by atoms with E-state index in [-0.39, 0.29) is 0 Å². The molecule has 0 aliphatic carbocycles. The van der Waals surface area contributed by atoms with Gasteiger partial charge in [-0.25, -0.2) is 4.98 Å². The lowest BCUT2D eigenvalue weighted by molar-refractivity contribution is 0.129. The van der Waals surface area contributed by atoms with Crippen LogP contribution in [0.2, 0.25) is 0 Å². The SMILES string of the molecule is C(=Cc1ccccc1)CN1CCN(Cc2nc3ccccc3o2)CC1. The standard InChI is InChI=1S/C21H23N3O/c1-2-7-18(8-3-1)9-6-12-23-13-15-24(16-14-23)17-21-22-19-10-4-5-11-20(19)25-21/h1-11H,12-17H2. The topological polar surface area (TPSA) is 32.5 Å². The molecule has 128 valence electrons. The van der Waals surface area contributed by atoms with Gasteiger partial charge in [0.05, 0.1) is 6.54 Å². The summed E-state index contributed by atoms with van der Waals surface area (Å²) in [7, 11) is 0. The van der Waals surface area contributed by atoms with Gasteiger partial charge in [0.25, 0.3) is 0 Å². The molecule has 1 fully saturated rings. The highest BCUT2D eigenvalue weighted by Gasteiger charge is 2.18. The number of piperazine rings is 1. The van der Waals surface area contributed by atoms with Gasteiger partial charge in [0, 0.05) is 32.7 Å². The molecule has 2 heterocycles. The van der Waals surface area contributed by atoms with Gasteiger partial charge in [-0.3, -0.25) is 9.80 Å². The maximum atomic E-state index is 5.83. The summed E-state index contributed by atoms with van der Waals surface area (Å²) in [6, 6.07) is 18.4. The molecule has 4 rings (SSSR count). The zero-order valence-corrected chi connectivity index (χ0v) is 14.3. The molecule has 1 aliphatic heterocycles. The summed E-state index contributed by atoms with van der Waals surface area (Å²) >= 11 is 0. The predicted molar refractivity (Wildman–Crippen MR) is 101 cm³/mol. The van der Waals surface area contributed by atoms with E-state index in [9.17, 15) is 0 Å². The van der Waals surface area contributed by atoms with E-state index in [4.69, 9.17) is 4.42 Å². The number of fused-ring (bicyclic) bond motifs is 1. The minimum absolute atomic E-state index is 0.794. The van der Waals surface area contributed by atoms with Crippen molar-refractivity contribution in [2.24, 2.45) is 0 Å². The Hall–Kier alpha value is -2.43. The third kappa shape index (κ3) is 4.16. The largest absolute Gasteiger partial charge is 0.439 e. The molecule has 1 aliphatic rings. The lowest BCUT2D eigenvalue weighted by Gasteiger charge is -2.33. The van der Waals surface area contributed by atoms with Crippen LogP contribution in [0.3, 0.4) is 0 Å². The molecular weight excluding hydrogens is 310 g/mol. The summed E-state index contributed by atoms with van der Waals surface area (Å²) < 4.78 is 5.83. The minimum Gasteiger partial charge on any atom is -0.439 e. The van der Waals surface area contributed by atoms with Crippen molar-refractivity contribution in [2.75, 3.05) is 32.7 Å². The summed E-state index contributed by atoms with van der Waals surface area (Å²) in [6.45, 7) is 6.07. The van der Waals surface area contributed by atoms with Crippen molar-refractivity contribution in [2.45, 2.75) is 6.54 Å². The number of rotatable bonds is 5. The van der Waals surface area contributed by atoms with Crippen LogP contribution in [0.15, 0.2) is 65.1 Å². The number of nitrogens with zero attached hydrogens (tertiary/aromatic N) is 3. The van der Waals surface area contributed by atoms with Gasteiger partial charge < -0.3 is 4.42 Å². The molecule has 0 N–H and O–H groups in total. The lowest BCUT2D eigenvalue weighted by atomic mass is 10.2. The van der Waals surface area contributed by atoms with E-state index in [0.29, 0.717) is 0 Å². The zero-order chi connectivity index (χ0) is 16.9. The van der Waals surface area contributed by atoms with Crippen LogP contribution in [-0.2, 0) is 6.54 Å². The lowest BCUT2D eigenvalue weighted by Crippen LogP contribution is -2.45. The molecule has 0 atom stereocenters. The highest BCUT2D eigenvalue weighted by Crippen LogP contribution is 2.16. The second kappa shape index (κ2) is 7.64. The van der Waals surface area contributed by atoms with Gasteiger partial charge >= 0.3 is 0 Å². The first-order valence-corrected chi connectivity index (χ1v) is 8.87. The fraction of sp³-hybridized carbons (Fsp3) is 0.286. The van der Waals surface area contributed by atoms with Crippen LogP contribution in [0.25, 0.3) is 17.2 Å². The zero-order valence-electron chi connectivity index (χ0n) is 14.3. The smallest absolute Gasteiger partial charge is 0.209 e. The molecule has 0 saturated carbocycles. The van der Waals surface area contributed by atoms with Crippen molar-refractivity contribution >= 4 is 17.2 Å². The van der Waals surface area contributed by atoms with Gasteiger partial charge in [-0.15, -0.1) is 0 Å². The Morgan fingerprint density at radius 2 is 1.60 bits per heavy atom. The molecule has 3 aromatic rings. The first-order valence-electron chi connectivity index (χ1n) is 8.87. The third-order valence-corrected chi connectivity index (χ3v) is 4.64. The molecular formula is C21H23N3O. The average Bonchev–Trinajstić information content (AvgIpc) is 3.06. The number of hydrogen-bond acceptors (Lipinski definition) is 4. The molecule has 0 bridgehead atoms. The quantitative estimate of drug-likeness (QED) is 0.713. The molecule has 4 nitrogen and oxygen atoms in total. The Bertz CT molecular complexity index is 799. The van der Waals surface area contributed by atoms with Crippen LogP contribution in [0.4, 0.5) is 0 Å². The molecule has 0 spiro atoms. The summed E-state index contributed by atoms with van der Waals surface area (Å²) in [6.07, 6.45) is 4.45. The van der Waals surface area contributed by atoms with Crippen LogP contribution in [0.5, 0.6) is 0 Å². The first-order chi connectivity index (χ1) is 12.4. The van der Waals surface area contributed by atoms with Crippen molar-refractivity contribution in [1.82, 2.24) is 14.8 Å². The predicted octanol–water partition coefficient (Wildman–Crippen LogP) is 3.66. The maximum Gasteiger partial charge on any atom is 0.209 e. The second-order valence-electron chi connectivity index (χ2n) is 6.47.